The zero-order valence-electron chi connectivity index (χ0n) is 19.3. The zero-order chi connectivity index (χ0) is 23.3. The van der Waals surface area contributed by atoms with Gasteiger partial charge in [0, 0.05) is 18.7 Å². The molecule has 0 aliphatic carbocycles. The van der Waals surface area contributed by atoms with Crippen LogP contribution in [0.2, 0.25) is 0 Å². The van der Waals surface area contributed by atoms with E-state index in [4.69, 9.17) is 14.2 Å². The summed E-state index contributed by atoms with van der Waals surface area (Å²) < 4.78 is 16.7. The van der Waals surface area contributed by atoms with Gasteiger partial charge in [0.1, 0.15) is 12.4 Å². The number of amides is 2. The van der Waals surface area contributed by atoms with Crippen molar-refractivity contribution in [2.45, 2.75) is 20.4 Å². The minimum atomic E-state index is -0.358. The van der Waals surface area contributed by atoms with E-state index >= 15 is 0 Å². The molecule has 0 aliphatic heterocycles. The van der Waals surface area contributed by atoms with Crippen LogP contribution in [0.5, 0.6) is 17.2 Å². The second-order valence-corrected chi connectivity index (χ2v) is 7.28. The topological polar surface area (TPSA) is 89.1 Å². The summed E-state index contributed by atoms with van der Waals surface area (Å²) in [5.41, 5.74) is 1.34. The first-order valence-electron chi connectivity index (χ1n) is 10.7. The minimum Gasteiger partial charge on any atom is -0.492 e. The molecule has 0 heterocycles. The molecule has 0 radical (unpaired) electrons. The number of nitrogens with one attached hydrogen (secondary N) is 2. The molecule has 2 aromatic rings. The Labute approximate surface area is 189 Å². The van der Waals surface area contributed by atoms with Crippen molar-refractivity contribution in [1.29, 1.82) is 0 Å². The summed E-state index contributed by atoms with van der Waals surface area (Å²) in [7, 11) is 3.99. The highest BCUT2D eigenvalue weighted by atomic mass is 16.5. The van der Waals surface area contributed by atoms with E-state index in [9.17, 15) is 9.59 Å². The monoisotopic (exact) mass is 443 g/mol. The van der Waals surface area contributed by atoms with Gasteiger partial charge >= 0.3 is 0 Å². The molecule has 0 spiro atoms. The maximum atomic E-state index is 12.4. The molecule has 0 aliphatic rings. The number of likely N-dealkylation sites (N-methyl/N-ethyl adjacent to an activating group) is 1. The van der Waals surface area contributed by atoms with Gasteiger partial charge in [0.25, 0.3) is 5.91 Å². The molecule has 2 aromatic carbocycles. The van der Waals surface area contributed by atoms with E-state index in [-0.39, 0.29) is 18.4 Å². The first-order chi connectivity index (χ1) is 15.4. The first kappa shape index (κ1) is 25.0. The van der Waals surface area contributed by atoms with Crippen molar-refractivity contribution in [3.05, 3.63) is 53.6 Å². The summed E-state index contributed by atoms with van der Waals surface area (Å²) >= 11 is 0. The number of nitrogens with zero attached hydrogens (tertiary/aromatic N) is 1. The van der Waals surface area contributed by atoms with Gasteiger partial charge in [-0.15, -0.1) is 0 Å². The van der Waals surface area contributed by atoms with Crippen LogP contribution in [-0.4, -0.2) is 63.7 Å². The van der Waals surface area contributed by atoms with E-state index < -0.39 is 0 Å². The lowest BCUT2D eigenvalue weighted by Crippen LogP contribution is -2.36. The predicted molar refractivity (Wildman–Crippen MR) is 123 cm³/mol. The van der Waals surface area contributed by atoms with Crippen LogP contribution in [0.15, 0.2) is 42.5 Å². The molecule has 0 saturated heterocycles. The molecule has 8 nitrogen and oxygen atoms in total. The van der Waals surface area contributed by atoms with Gasteiger partial charge in [0.15, 0.2) is 11.5 Å². The Morgan fingerprint density at radius 3 is 2.22 bits per heavy atom. The van der Waals surface area contributed by atoms with E-state index in [1.54, 1.807) is 18.2 Å². The van der Waals surface area contributed by atoms with Crippen molar-refractivity contribution < 1.29 is 23.8 Å². The number of carbonyl (C=O) groups excluding carboxylic acids is 2. The third-order valence-corrected chi connectivity index (χ3v) is 4.44. The van der Waals surface area contributed by atoms with Gasteiger partial charge in [0.2, 0.25) is 5.91 Å². The van der Waals surface area contributed by atoms with Crippen LogP contribution < -0.4 is 24.8 Å². The molecule has 2 N–H and O–H groups in total. The van der Waals surface area contributed by atoms with Crippen molar-refractivity contribution in [3.8, 4) is 17.2 Å². The highest BCUT2D eigenvalue weighted by Crippen LogP contribution is 2.28. The number of hydrogen-bond donors (Lipinski definition) is 2. The molecule has 2 rings (SSSR count). The number of carbonyl (C=O) groups is 2. The normalized spacial score (nSPS) is 10.5. The van der Waals surface area contributed by atoms with Gasteiger partial charge < -0.3 is 29.7 Å². The molecule has 0 unspecified atom stereocenters. The van der Waals surface area contributed by atoms with Gasteiger partial charge in [0.05, 0.1) is 19.8 Å². The summed E-state index contributed by atoms with van der Waals surface area (Å²) in [6, 6.07) is 12.5. The molecule has 2 amide bonds. The van der Waals surface area contributed by atoms with Gasteiger partial charge in [-0.05, 0) is 63.8 Å². The van der Waals surface area contributed by atoms with Crippen LogP contribution in [-0.2, 0) is 11.3 Å². The number of ether oxygens (including phenoxy) is 3. The van der Waals surface area contributed by atoms with E-state index in [1.165, 1.54) is 0 Å². The largest absolute Gasteiger partial charge is 0.492 e. The number of benzene rings is 2. The minimum absolute atomic E-state index is 0.123. The number of hydrogen-bond acceptors (Lipinski definition) is 6. The average Bonchev–Trinajstić information content (AvgIpc) is 2.78. The van der Waals surface area contributed by atoms with Crippen molar-refractivity contribution in [2.24, 2.45) is 0 Å². The summed E-state index contributed by atoms with van der Waals surface area (Å²) in [4.78, 5) is 26.6. The Bertz CT molecular complexity index is 868. The Morgan fingerprint density at radius 1 is 0.875 bits per heavy atom. The predicted octanol–water partition coefficient (Wildman–Crippen LogP) is 2.47. The molecular formula is C24H33N3O5. The second-order valence-electron chi connectivity index (χ2n) is 7.28. The highest BCUT2D eigenvalue weighted by Gasteiger charge is 2.12. The van der Waals surface area contributed by atoms with Crippen LogP contribution in [0.25, 0.3) is 0 Å². The summed E-state index contributed by atoms with van der Waals surface area (Å²) in [5.74, 6) is 1.23. The van der Waals surface area contributed by atoms with Crippen LogP contribution in [0.4, 0.5) is 0 Å². The maximum Gasteiger partial charge on any atom is 0.251 e. The molecule has 0 aromatic heterocycles. The maximum absolute atomic E-state index is 12.4. The second kappa shape index (κ2) is 13.2. The molecule has 0 bridgehead atoms. The van der Waals surface area contributed by atoms with Crippen molar-refractivity contribution in [2.75, 3.05) is 47.0 Å². The Balaban J connectivity index is 1.79. The molecular weight excluding hydrogens is 410 g/mol. The standard InChI is InChI=1S/C24H33N3O5/c1-5-30-21-12-9-19(15-22(21)31-6-2)24(29)26-17-23(28)25-16-18-7-10-20(11-8-18)32-14-13-27(3)4/h7-12,15H,5-6,13-14,16-17H2,1-4H3,(H,25,28)(H,26,29). The SMILES string of the molecule is CCOc1ccc(C(=O)NCC(=O)NCc2ccc(OCCN(C)C)cc2)cc1OCC. The molecule has 0 atom stereocenters. The lowest BCUT2D eigenvalue weighted by Gasteiger charge is -2.13. The van der Waals surface area contributed by atoms with Gasteiger partial charge in [-0.1, -0.05) is 12.1 Å². The average molecular weight is 444 g/mol. The lowest BCUT2D eigenvalue weighted by atomic mass is 10.2. The van der Waals surface area contributed by atoms with Gasteiger partial charge in [-0.2, -0.15) is 0 Å². The fourth-order valence-corrected chi connectivity index (χ4v) is 2.77. The van der Waals surface area contributed by atoms with E-state index in [1.807, 2.05) is 52.2 Å². The Hall–Kier alpha value is -3.26. The highest BCUT2D eigenvalue weighted by molar-refractivity contribution is 5.97. The van der Waals surface area contributed by atoms with E-state index in [0.29, 0.717) is 43.4 Å². The third-order valence-electron chi connectivity index (χ3n) is 4.44. The van der Waals surface area contributed by atoms with E-state index in [2.05, 4.69) is 15.5 Å². The van der Waals surface area contributed by atoms with Crippen molar-refractivity contribution in [3.63, 3.8) is 0 Å². The van der Waals surface area contributed by atoms with E-state index in [0.717, 1.165) is 17.9 Å². The van der Waals surface area contributed by atoms with Crippen LogP contribution in [0.3, 0.4) is 0 Å². The van der Waals surface area contributed by atoms with Crippen LogP contribution >= 0.6 is 0 Å². The van der Waals surface area contributed by atoms with Crippen LogP contribution in [0.1, 0.15) is 29.8 Å². The number of rotatable bonds is 13. The van der Waals surface area contributed by atoms with Crippen LogP contribution in [0, 0.1) is 0 Å². The molecule has 8 heteroatoms. The molecule has 0 saturated carbocycles. The smallest absolute Gasteiger partial charge is 0.251 e. The van der Waals surface area contributed by atoms with Crippen molar-refractivity contribution in [1.82, 2.24) is 15.5 Å². The quantitative estimate of drug-likeness (QED) is 0.494. The summed E-state index contributed by atoms with van der Waals surface area (Å²) in [6.07, 6.45) is 0. The van der Waals surface area contributed by atoms with Gasteiger partial charge in [-0.25, -0.2) is 0 Å². The zero-order valence-corrected chi connectivity index (χ0v) is 19.3. The molecule has 0 fully saturated rings. The fraction of sp³-hybridized carbons (Fsp3) is 0.417. The fourth-order valence-electron chi connectivity index (χ4n) is 2.77. The Morgan fingerprint density at radius 2 is 1.56 bits per heavy atom. The first-order valence-corrected chi connectivity index (χ1v) is 10.7. The summed E-state index contributed by atoms with van der Waals surface area (Å²) in [6.45, 7) is 6.39. The molecule has 174 valence electrons. The summed E-state index contributed by atoms with van der Waals surface area (Å²) in [5, 5.41) is 5.42. The Kier molecular flexibility index (Phi) is 10.3. The molecule has 32 heavy (non-hydrogen) atoms. The van der Waals surface area contributed by atoms with Crippen molar-refractivity contribution >= 4 is 11.8 Å². The lowest BCUT2D eigenvalue weighted by molar-refractivity contribution is -0.120. The third kappa shape index (κ3) is 8.47. The van der Waals surface area contributed by atoms with Gasteiger partial charge in [-0.3, -0.25) is 9.59 Å².